The number of anilines is 1. The molecule has 1 aromatic carbocycles. The van der Waals surface area contributed by atoms with E-state index in [1.54, 1.807) is 18.5 Å². The molecule has 0 saturated carbocycles. The van der Waals surface area contributed by atoms with Crippen molar-refractivity contribution in [3.05, 3.63) is 51.7 Å². The summed E-state index contributed by atoms with van der Waals surface area (Å²) in [6, 6.07) is 6.59. The van der Waals surface area contributed by atoms with Crippen LogP contribution in [0.1, 0.15) is 18.5 Å². The highest BCUT2D eigenvalue weighted by Crippen LogP contribution is 2.39. The second-order valence-corrected chi connectivity index (χ2v) is 5.58. The Kier molecular flexibility index (Phi) is 5.36. The Labute approximate surface area is 134 Å². The third-order valence-electron chi connectivity index (χ3n) is 2.79. The standard InChI is InChI=1S/C14H12BrClF2N2O/c1-8(9-2-4-19-5-3-9)20-12-7-10(16)6-11(15)13(12)21-14(17)18/h2-8,14,20H,1H3. The van der Waals surface area contributed by atoms with E-state index in [1.807, 2.05) is 19.1 Å². The fourth-order valence-corrected chi connectivity index (χ4v) is 2.75. The van der Waals surface area contributed by atoms with Gasteiger partial charge in [0.1, 0.15) is 0 Å². The lowest BCUT2D eigenvalue weighted by Gasteiger charge is -2.19. The van der Waals surface area contributed by atoms with Crippen molar-refractivity contribution >= 4 is 33.2 Å². The summed E-state index contributed by atoms with van der Waals surface area (Å²) in [4.78, 5) is 3.94. The van der Waals surface area contributed by atoms with Crippen molar-refractivity contribution in [2.75, 3.05) is 5.32 Å². The molecule has 1 heterocycles. The van der Waals surface area contributed by atoms with E-state index < -0.39 is 6.61 Å². The minimum absolute atomic E-state index is 0.0234. The highest BCUT2D eigenvalue weighted by atomic mass is 79.9. The molecule has 21 heavy (non-hydrogen) atoms. The molecule has 0 fully saturated rings. The van der Waals surface area contributed by atoms with Crippen molar-refractivity contribution in [3.8, 4) is 5.75 Å². The van der Waals surface area contributed by atoms with Crippen LogP contribution in [-0.2, 0) is 0 Å². The molecule has 0 radical (unpaired) electrons. The minimum atomic E-state index is -2.92. The van der Waals surface area contributed by atoms with Gasteiger partial charge in [0.05, 0.1) is 10.2 Å². The van der Waals surface area contributed by atoms with Crippen molar-refractivity contribution in [1.29, 1.82) is 0 Å². The SMILES string of the molecule is CC(Nc1cc(Cl)cc(Br)c1OC(F)F)c1ccncc1. The lowest BCUT2D eigenvalue weighted by Crippen LogP contribution is -2.10. The number of ether oxygens (including phenoxy) is 1. The van der Waals surface area contributed by atoms with Crippen LogP contribution in [0.15, 0.2) is 41.1 Å². The van der Waals surface area contributed by atoms with Crippen LogP contribution in [0.2, 0.25) is 5.02 Å². The lowest BCUT2D eigenvalue weighted by molar-refractivity contribution is -0.0498. The number of halogens is 4. The molecule has 1 N–H and O–H groups in total. The lowest BCUT2D eigenvalue weighted by atomic mass is 10.1. The summed E-state index contributed by atoms with van der Waals surface area (Å²) in [5.41, 5.74) is 1.35. The first-order valence-electron chi connectivity index (χ1n) is 6.07. The molecular formula is C14H12BrClF2N2O. The second-order valence-electron chi connectivity index (χ2n) is 4.29. The van der Waals surface area contributed by atoms with E-state index in [1.165, 1.54) is 6.07 Å². The molecule has 1 atom stereocenters. The molecular weight excluding hydrogens is 366 g/mol. The van der Waals surface area contributed by atoms with Gasteiger partial charge in [-0.3, -0.25) is 4.98 Å². The summed E-state index contributed by atoms with van der Waals surface area (Å²) >= 11 is 9.14. The number of hydrogen-bond acceptors (Lipinski definition) is 3. The van der Waals surface area contributed by atoms with E-state index in [2.05, 4.69) is 31.0 Å². The maximum absolute atomic E-state index is 12.5. The van der Waals surface area contributed by atoms with Crippen LogP contribution in [0.4, 0.5) is 14.5 Å². The molecule has 0 aliphatic carbocycles. The Morgan fingerprint density at radius 1 is 1.29 bits per heavy atom. The summed E-state index contributed by atoms with van der Waals surface area (Å²) in [5.74, 6) is 0.0234. The Morgan fingerprint density at radius 3 is 2.57 bits per heavy atom. The zero-order valence-corrected chi connectivity index (χ0v) is 13.3. The molecule has 112 valence electrons. The molecule has 0 bridgehead atoms. The van der Waals surface area contributed by atoms with Crippen LogP contribution < -0.4 is 10.1 Å². The van der Waals surface area contributed by atoms with Crippen molar-refractivity contribution in [2.45, 2.75) is 19.6 Å². The molecule has 2 aromatic rings. The summed E-state index contributed by atoms with van der Waals surface area (Å²) in [6.45, 7) is -1.02. The van der Waals surface area contributed by atoms with Gasteiger partial charge in [-0.15, -0.1) is 0 Å². The monoisotopic (exact) mass is 376 g/mol. The number of alkyl halides is 2. The number of nitrogens with one attached hydrogen (secondary N) is 1. The van der Waals surface area contributed by atoms with Gasteiger partial charge in [-0.2, -0.15) is 8.78 Å². The minimum Gasteiger partial charge on any atom is -0.431 e. The summed E-state index contributed by atoms with van der Waals surface area (Å²) in [6.07, 6.45) is 3.33. The van der Waals surface area contributed by atoms with Gasteiger partial charge >= 0.3 is 6.61 Å². The molecule has 0 aliphatic rings. The molecule has 1 unspecified atom stereocenters. The molecule has 7 heteroatoms. The maximum atomic E-state index is 12.5. The van der Waals surface area contributed by atoms with Crippen molar-refractivity contribution in [1.82, 2.24) is 4.98 Å². The van der Waals surface area contributed by atoms with Gasteiger partial charge in [0.25, 0.3) is 0 Å². The molecule has 0 spiro atoms. The van der Waals surface area contributed by atoms with Gasteiger partial charge in [0.15, 0.2) is 5.75 Å². The van der Waals surface area contributed by atoms with Crippen LogP contribution >= 0.6 is 27.5 Å². The third-order valence-corrected chi connectivity index (χ3v) is 3.60. The smallest absolute Gasteiger partial charge is 0.387 e. The zero-order valence-electron chi connectivity index (χ0n) is 11.0. The summed E-state index contributed by atoms with van der Waals surface area (Å²) < 4.78 is 30.0. The van der Waals surface area contributed by atoms with E-state index >= 15 is 0 Å². The van der Waals surface area contributed by atoms with E-state index in [0.717, 1.165) is 5.56 Å². The average Bonchev–Trinajstić information content (AvgIpc) is 2.43. The number of nitrogens with zero attached hydrogens (tertiary/aromatic N) is 1. The predicted molar refractivity (Wildman–Crippen MR) is 82.1 cm³/mol. The fraction of sp³-hybridized carbons (Fsp3) is 0.214. The largest absolute Gasteiger partial charge is 0.431 e. The number of hydrogen-bond donors (Lipinski definition) is 1. The number of benzene rings is 1. The number of aromatic nitrogens is 1. The van der Waals surface area contributed by atoms with Crippen LogP contribution in [0, 0.1) is 0 Å². The second kappa shape index (κ2) is 7.04. The summed E-state index contributed by atoms with van der Waals surface area (Å²) in [7, 11) is 0. The average molecular weight is 378 g/mol. The van der Waals surface area contributed by atoms with Gasteiger partial charge in [-0.25, -0.2) is 0 Å². The molecule has 2 rings (SSSR count). The zero-order chi connectivity index (χ0) is 15.4. The normalized spacial score (nSPS) is 12.3. The first kappa shape index (κ1) is 16.0. The van der Waals surface area contributed by atoms with Gasteiger partial charge in [0, 0.05) is 23.5 Å². The molecule has 3 nitrogen and oxygen atoms in total. The van der Waals surface area contributed by atoms with Crippen LogP contribution in [0.25, 0.3) is 0 Å². The topological polar surface area (TPSA) is 34.1 Å². The van der Waals surface area contributed by atoms with Crippen molar-refractivity contribution in [3.63, 3.8) is 0 Å². The van der Waals surface area contributed by atoms with Crippen LogP contribution in [0.3, 0.4) is 0 Å². The molecule has 1 aromatic heterocycles. The third kappa shape index (κ3) is 4.28. The van der Waals surface area contributed by atoms with Crippen molar-refractivity contribution < 1.29 is 13.5 Å². The van der Waals surface area contributed by atoms with E-state index in [4.69, 9.17) is 11.6 Å². The van der Waals surface area contributed by atoms with Crippen LogP contribution in [-0.4, -0.2) is 11.6 Å². The number of pyridine rings is 1. The molecule has 0 amide bonds. The quantitative estimate of drug-likeness (QED) is 0.770. The van der Waals surface area contributed by atoms with Gasteiger partial charge in [-0.05, 0) is 52.7 Å². The van der Waals surface area contributed by atoms with Crippen LogP contribution in [0.5, 0.6) is 5.75 Å². The van der Waals surface area contributed by atoms with E-state index in [0.29, 0.717) is 15.2 Å². The van der Waals surface area contributed by atoms with E-state index in [9.17, 15) is 8.78 Å². The Bertz CT molecular complexity index is 613. The Hall–Kier alpha value is -1.40. The highest BCUT2D eigenvalue weighted by Gasteiger charge is 2.17. The maximum Gasteiger partial charge on any atom is 0.387 e. The predicted octanol–water partition coefficient (Wildman–Crippen LogP) is 5.27. The fourth-order valence-electron chi connectivity index (χ4n) is 1.85. The number of rotatable bonds is 5. The Balaban J connectivity index is 2.30. The van der Waals surface area contributed by atoms with Crippen molar-refractivity contribution in [2.24, 2.45) is 0 Å². The molecule has 0 aliphatic heterocycles. The first-order valence-corrected chi connectivity index (χ1v) is 7.25. The van der Waals surface area contributed by atoms with Gasteiger partial charge in [0.2, 0.25) is 0 Å². The van der Waals surface area contributed by atoms with Gasteiger partial charge < -0.3 is 10.1 Å². The Morgan fingerprint density at radius 2 is 1.95 bits per heavy atom. The molecule has 0 saturated heterocycles. The van der Waals surface area contributed by atoms with Gasteiger partial charge in [-0.1, -0.05) is 11.6 Å². The van der Waals surface area contributed by atoms with E-state index in [-0.39, 0.29) is 11.8 Å². The summed E-state index contributed by atoms with van der Waals surface area (Å²) in [5, 5.41) is 3.52. The first-order chi connectivity index (χ1) is 9.97. The highest BCUT2D eigenvalue weighted by molar-refractivity contribution is 9.10.